The molecule has 1 aliphatic heterocycles. The van der Waals surface area contributed by atoms with Gasteiger partial charge in [-0.2, -0.15) is 0 Å². The van der Waals surface area contributed by atoms with Crippen molar-refractivity contribution in [3.63, 3.8) is 0 Å². The van der Waals surface area contributed by atoms with Gasteiger partial charge in [-0.1, -0.05) is 11.6 Å². The summed E-state index contributed by atoms with van der Waals surface area (Å²) in [5.41, 5.74) is 10.2. The SMILES string of the molecule is Cc1cc(Cl)cnc1-c1ccc(N)c(C(=O)Nc2cnccc2N2CCCCC2)n1. The minimum Gasteiger partial charge on any atom is -0.397 e. The van der Waals surface area contributed by atoms with Gasteiger partial charge in [0.15, 0.2) is 5.69 Å². The Bertz CT molecular complexity index is 1080. The molecule has 1 aliphatic rings. The van der Waals surface area contributed by atoms with Crippen LogP contribution in [0.25, 0.3) is 11.4 Å². The van der Waals surface area contributed by atoms with Crippen LogP contribution in [-0.4, -0.2) is 33.9 Å². The third-order valence-electron chi connectivity index (χ3n) is 5.17. The molecule has 1 saturated heterocycles. The molecule has 1 amide bonds. The van der Waals surface area contributed by atoms with E-state index in [0.717, 1.165) is 37.2 Å². The van der Waals surface area contributed by atoms with Crippen molar-refractivity contribution < 1.29 is 4.79 Å². The zero-order chi connectivity index (χ0) is 21.1. The van der Waals surface area contributed by atoms with Crippen LogP contribution in [0.1, 0.15) is 35.3 Å². The van der Waals surface area contributed by atoms with Crippen molar-refractivity contribution >= 4 is 34.6 Å². The van der Waals surface area contributed by atoms with Gasteiger partial charge >= 0.3 is 0 Å². The summed E-state index contributed by atoms with van der Waals surface area (Å²) < 4.78 is 0. The summed E-state index contributed by atoms with van der Waals surface area (Å²) in [5.74, 6) is -0.382. The van der Waals surface area contributed by atoms with Crippen molar-refractivity contribution in [2.45, 2.75) is 26.2 Å². The Labute approximate surface area is 180 Å². The number of rotatable bonds is 4. The minimum atomic E-state index is -0.382. The molecule has 3 N–H and O–H groups in total. The highest BCUT2D eigenvalue weighted by Crippen LogP contribution is 2.29. The van der Waals surface area contributed by atoms with E-state index in [0.29, 0.717) is 27.8 Å². The van der Waals surface area contributed by atoms with E-state index in [-0.39, 0.29) is 11.6 Å². The maximum atomic E-state index is 13.1. The zero-order valence-electron chi connectivity index (χ0n) is 16.7. The number of piperidine rings is 1. The third-order valence-corrected chi connectivity index (χ3v) is 5.38. The lowest BCUT2D eigenvalue weighted by atomic mass is 10.1. The van der Waals surface area contributed by atoms with E-state index >= 15 is 0 Å². The number of anilines is 3. The number of aromatic nitrogens is 3. The van der Waals surface area contributed by atoms with E-state index in [4.69, 9.17) is 17.3 Å². The molecule has 3 aromatic rings. The number of nitrogens with two attached hydrogens (primary N) is 1. The molecule has 0 aliphatic carbocycles. The molecule has 1 fully saturated rings. The van der Waals surface area contributed by atoms with Gasteiger partial charge < -0.3 is 16.0 Å². The van der Waals surface area contributed by atoms with Crippen molar-refractivity contribution in [3.05, 3.63) is 59.1 Å². The molecule has 0 aromatic carbocycles. The molecule has 4 heterocycles. The highest BCUT2D eigenvalue weighted by molar-refractivity contribution is 6.30. The molecule has 3 aromatic heterocycles. The lowest BCUT2D eigenvalue weighted by Gasteiger charge is -2.30. The van der Waals surface area contributed by atoms with Gasteiger partial charge in [-0.3, -0.25) is 14.8 Å². The van der Waals surface area contributed by atoms with Gasteiger partial charge in [0, 0.05) is 25.5 Å². The molecule has 30 heavy (non-hydrogen) atoms. The van der Waals surface area contributed by atoms with Crippen molar-refractivity contribution in [1.29, 1.82) is 0 Å². The van der Waals surface area contributed by atoms with Crippen LogP contribution in [0.15, 0.2) is 42.9 Å². The number of nitrogens with one attached hydrogen (secondary N) is 1. The molecule has 0 bridgehead atoms. The van der Waals surface area contributed by atoms with Crippen LogP contribution < -0.4 is 16.0 Å². The van der Waals surface area contributed by atoms with E-state index in [2.05, 4.69) is 25.2 Å². The van der Waals surface area contributed by atoms with Gasteiger partial charge in [0.2, 0.25) is 0 Å². The minimum absolute atomic E-state index is 0.150. The molecule has 0 unspecified atom stereocenters. The summed E-state index contributed by atoms with van der Waals surface area (Å²) in [5, 5.41) is 3.49. The first-order chi connectivity index (χ1) is 14.5. The molecule has 0 atom stereocenters. The van der Waals surface area contributed by atoms with Gasteiger partial charge in [0.05, 0.1) is 39.7 Å². The number of carbonyl (C=O) groups is 1. The van der Waals surface area contributed by atoms with E-state index in [1.54, 1.807) is 30.7 Å². The number of nitrogen functional groups attached to an aromatic ring is 1. The lowest BCUT2D eigenvalue weighted by molar-refractivity contribution is 0.102. The van der Waals surface area contributed by atoms with Crippen LogP contribution in [0.4, 0.5) is 17.1 Å². The summed E-state index contributed by atoms with van der Waals surface area (Å²) in [6.07, 6.45) is 8.46. The molecular weight excluding hydrogens is 400 g/mol. The molecule has 0 saturated carbocycles. The number of amides is 1. The van der Waals surface area contributed by atoms with Gasteiger partial charge in [-0.25, -0.2) is 4.98 Å². The normalized spacial score (nSPS) is 13.9. The van der Waals surface area contributed by atoms with Crippen molar-refractivity contribution in [3.8, 4) is 11.4 Å². The van der Waals surface area contributed by atoms with Gasteiger partial charge in [-0.05, 0) is 56.0 Å². The van der Waals surface area contributed by atoms with Crippen LogP contribution in [-0.2, 0) is 0 Å². The van der Waals surface area contributed by atoms with Gasteiger partial charge in [0.1, 0.15) is 0 Å². The second-order valence-corrected chi connectivity index (χ2v) is 7.78. The monoisotopic (exact) mass is 422 g/mol. The Morgan fingerprint density at radius 3 is 2.73 bits per heavy atom. The first-order valence-electron chi connectivity index (χ1n) is 9.92. The average Bonchev–Trinajstić information content (AvgIpc) is 2.75. The fourth-order valence-electron chi connectivity index (χ4n) is 3.67. The highest BCUT2D eigenvalue weighted by atomic mass is 35.5. The molecular formula is C22H23ClN6O. The van der Waals surface area contributed by atoms with E-state index in [9.17, 15) is 4.79 Å². The first kappa shape index (κ1) is 20.1. The van der Waals surface area contributed by atoms with Gasteiger partial charge in [-0.15, -0.1) is 0 Å². The number of aryl methyl sites for hydroxylation is 1. The third kappa shape index (κ3) is 4.21. The Morgan fingerprint density at radius 2 is 1.97 bits per heavy atom. The lowest BCUT2D eigenvalue weighted by Crippen LogP contribution is -2.30. The number of pyridine rings is 3. The Morgan fingerprint density at radius 1 is 1.17 bits per heavy atom. The summed E-state index contributed by atoms with van der Waals surface area (Å²) in [4.78, 5) is 28.4. The molecule has 0 radical (unpaired) electrons. The summed E-state index contributed by atoms with van der Waals surface area (Å²) in [7, 11) is 0. The number of nitrogens with zero attached hydrogens (tertiary/aromatic N) is 4. The molecule has 0 spiro atoms. The molecule has 154 valence electrons. The summed E-state index contributed by atoms with van der Waals surface area (Å²) in [6.45, 7) is 3.82. The second kappa shape index (κ2) is 8.67. The van der Waals surface area contributed by atoms with Crippen LogP contribution in [0.3, 0.4) is 0 Å². The smallest absolute Gasteiger partial charge is 0.276 e. The van der Waals surface area contributed by atoms with Crippen LogP contribution in [0.5, 0.6) is 0 Å². The van der Waals surface area contributed by atoms with Gasteiger partial charge in [0.25, 0.3) is 5.91 Å². The summed E-state index contributed by atoms with van der Waals surface area (Å²) in [6, 6.07) is 7.15. The number of halogens is 1. The van der Waals surface area contributed by atoms with Crippen LogP contribution in [0, 0.1) is 6.92 Å². The van der Waals surface area contributed by atoms with Crippen molar-refractivity contribution in [1.82, 2.24) is 15.0 Å². The number of hydrogen-bond acceptors (Lipinski definition) is 6. The number of carbonyl (C=O) groups excluding carboxylic acids is 1. The fourth-order valence-corrected chi connectivity index (χ4v) is 3.88. The second-order valence-electron chi connectivity index (χ2n) is 7.35. The topological polar surface area (TPSA) is 97.0 Å². The molecule has 4 rings (SSSR count). The Kier molecular flexibility index (Phi) is 5.81. The largest absolute Gasteiger partial charge is 0.397 e. The highest BCUT2D eigenvalue weighted by Gasteiger charge is 2.19. The maximum absolute atomic E-state index is 13.1. The maximum Gasteiger partial charge on any atom is 0.276 e. The van der Waals surface area contributed by atoms with E-state index in [1.807, 2.05) is 19.1 Å². The van der Waals surface area contributed by atoms with E-state index in [1.165, 1.54) is 6.42 Å². The Hall–Kier alpha value is -3.19. The average molecular weight is 423 g/mol. The quantitative estimate of drug-likeness (QED) is 0.649. The predicted octanol–water partition coefficient (Wildman–Crippen LogP) is 4.33. The predicted molar refractivity (Wildman–Crippen MR) is 120 cm³/mol. The van der Waals surface area contributed by atoms with Crippen LogP contribution >= 0.6 is 11.6 Å². The van der Waals surface area contributed by atoms with E-state index < -0.39 is 0 Å². The fraction of sp³-hybridized carbons (Fsp3) is 0.273. The summed E-state index contributed by atoms with van der Waals surface area (Å²) >= 11 is 6.00. The van der Waals surface area contributed by atoms with Crippen molar-refractivity contribution in [2.24, 2.45) is 0 Å². The molecule has 8 heteroatoms. The Balaban J connectivity index is 1.63. The molecule has 7 nitrogen and oxygen atoms in total. The standard InChI is InChI=1S/C22H23ClN6O/c1-14-11-15(23)12-26-20(14)17-6-5-16(24)21(27-17)22(30)28-18-13-25-8-7-19(18)29-9-3-2-4-10-29/h5-8,11-13H,2-4,9-10,24H2,1H3,(H,28,30). The van der Waals surface area contributed by atoms with Crippen molar-refractivity contribution in [2.75, 3.05) is 29.0 Å². The first-order valence-corrected chi connectivity index (χ1v) is 10.3. The number of hydrogen-bond donors (Lipinski definition) is 2. The van der Waals surface area contributed by atoms with Crippen LogP contribution in [0.2, 0.25) is 5.02 Å². The zero-order valence-corrected chi connectivity index (χ0v) is 17.5.